The van der Waals surface area contributed by atoms with E-state index in [1.165, 1.54) is 12.4 Å². The number of nitrogens with one attached hydrogen (secondary N) is 2. The highest BCUT2D eigenvalue weighted by Gasteiger charge is 2.21. The second-order valence-electron chi connectivity index (χ2n) is 4.71. The maximum atomic E-state index is 12.2. The molecule has 1 fully saturated rings. The zero-order chi connectivity index (χ0) is 15.1. The fourth-order valence-corrected chi connectivity index (χ4v) is 2.05. The molecule has 2 rings (SSSR count). The van der Waals surface area contributed by atoms with Crippen LogP contribution in [0.15, 0.2) is 18.5 Å². The van der Waals surface area contributed by atoms with Crippen molar-refractivity contribution in [2.75, 3.05) is 13.2 Å². The molecule has 2 heterocycles. The number of nitrogens with zero attached hydrogens (tertiary/aromatic N) is 1. The van der Waals surface area contributed by atoms with E-state index >= 15 is 0 Å². The molecule has 21 heavy (non-hydrogen) atoms. The van der Waals surface area contributed by atoms with Gasteiger partial charge in [0.15, 0.2) is 0 Å². The Hall–Kier alpha value is -2.39. The number of carbonyl (C=O) groups excluding carboxylic acids is 2. The largest absolute Gasteiger partial charge is 0.395 e. The average Bonchev–Trinajstić information content (AvgIpc) is 2.91. The van der Waals surface area contributed by atoms with Crippen LogP contribution in [0.4, 0.5) is 0 Å². The molecule has 0 saturated carbocycles. The van der Waals surface area contributed by atoms with Crippen LogP contribution >= 0.6 is 0 Å². The third-order valence-corrected chi connectivity index (χ3v) is 3.12. The molecule has 3 N–H and O–H groups in total. The van der Waals surface area contributed by atoms with Gasteiger partial charge in [-0.2, -0.15) is 0 Å². The summed E-state index contributed by atoms with van der Waals surface area (Å²) < 4.78 is 0. The molecule has 6 heteroatoms. The minimum absolute atomic E-state index is 0.00721. The highest BCUT2D eigenvalue weighted by Crippen LogP contribution is 2.08. The summed E-state index contributed by atoms with van der Waals surface area (Å²) in [5.41, 5.74) is 0.971. The number of pyridine rings is 1. The maximum absolute atomic E-state index is 12.2. The van der Waals surface area contributed by atoms with Gasteiger partial charge in [0.25, 0.3) is 5.91 Å². The molecule has 1 atom stereocenters. The predicted octanol–water partition coefficient (Wildman–Crippen LogP) is -0.176. The standard InChI is InChI=1S/C15H17N3O3/c19-8-2-1-3-11-9-16-7-6-13(11)15(21)17-10-12-4-5-14(20)18-12/h6-7,9,12,19H,2,4-5,8,10H2,(H,17,21)(H,18,20). The molecule has 110 valence electrons. The number of aliphatic hydroxyl groups excluding tert-OH is 1. The number of rotatable bonds is 4. The van der Waals surface area contributed by atoms with Crippen molar-refractivity contribution in [2.24, 2.45) is 0 Å². The monoisotopic (exact) mass is 287 g/mol. The van der Waals surface area contributed by atoms with Crippen molar-refractivity contribution in [1.82, 2.24) is 15.6 Å². The quantitative estimate of drug-likeness (QED) is 0.670. The Morgan fingerprint density at radius 3 is 3.14 bits per heavy atom. The number of carbonyl (C=O) groups is 2. The Labute approximate surface area is 123 Å². The summed E-state index contributed by atoms with van der Waals surface area (Å²) >= 11 is 0. The summed E-state index contributed by atoms with van der Waals surface area (Å²) in [4.78, 5) is 27.2. The first kappa shape index (κ1) is 15.0. The molecule has 0 bridgehead atoms. The van der Waals surface area contributed by atoms with Crippen LogP contribution in [0.3, 0.4) is 0 Å². The second kappa shape index (κ2) is 7.41. The van der Waals surface area contributed by atoms with Crippen LogP contribution in [0.2, 0.25) is 0 Å². The first-order chi connectivity index (χ1) is 10.2. The SMILES string of the molecule is O=C1CCC(CNC(=O)c2ccncc2C#CCCO)N1. The van der Waals surface area contributed by atoms with Crippen molar-refractivity contribution >= 4 is 11.8 Å². The fourth-order valence-electron chi connectivity index (χ4n) is 2.05. The van der Waals surface area contributed by atoms with Crippen molar-refractivity contribution in [1.29, 1.82) is 0 Å². The van der Waals surface area contributed by atoms with E-state index in [9.17, 15) is 9.59 Å². The summed E-state index contributed by atoms with van der Waals surface area (Å²) in [7, 11) is 0. The molecule has 1 aliphatic rings. The van der Waals surface area contributed by atoms with Gasteiger partial charge in [-0.1, -0.05) is 11.8 Å². The van der Waals surface area contributed by atoms with Gasteiger partial charge in [0.05, 0.1) is 17.7 Å². The van der Waals surface area contributed by atoms with Crippen LogP contribution in [0.25, 0.3) is 0 Å². The smallest absolute Gasteiger partial charge is 0.252 e. The number of amides is 2. The lowest BCUT2D eigenvalue weighted by atomic mass is 10.1. The van der Waals surface area contributed by atoms with Gasteiger partial charge >= 0.3 is 0 Å². The lowest BCUT2D eigenvalue weighted by Gasteiger charge is -2.11. The van der Waals surface area contributed by atoms with E-state index in [1.807, 2.05) is 0 Å². The molecule has 0 radical (unpaired) electrons. The molecule has 1 aromatic rings. The third kappa shape index (κ3) is 4.29. The molecule has 1 aliphatic heterocycles. The minimum Gasteiger partial charge on any atom is -0.395 e. The van der Waals surface area contributed by atoms with E-state index in [2.05, 4.69) is 27.5 Å². The molecule has 2 amide bonds. The van der Waals surface area contributed by atoms with Crippen molar-refractivity contribution in [2.45, 2.75) is 25.3 Å². The Morgan fingerprint density at radius 2 is 2.43 bits per heavy atom. The second-order valence-corrected chi connectivity index (χ2v) is 4.71. The van der Waals surface area contributed by atoms with Crippen molar-refractivity contribution < 1.29 is 14.7 Å². The van der Waals surface area contributed by atoms with E-state index in [4.69, 9.17) is 5.11 Å². The zero-order valence-electron chi connectivity index (χ0n) is 11.6. The Balaban J connectivity index is 1.99. The molecule has 0 aromatic carbocycles. The minimum atomic E-state index is -0.244. The Morgan fingerprint density at radius 1 is 1.57 bits per heavy atom. The lowest BCUT2D eigenvalue weighted by Crippen LogP contribution is -2.38. The highest BCUT2D eigenvalue weighted by molar-refractivity contribution is 5.96. The molecule has 1 aromatic heterocycles. The topological polar surface area (TPSA) is 91.3 Å². The first-order valence-electron chi connectivity index (χ1n) is 6.82. The van der Waals surface area contributed by atoms with E-state index < -0.39 is 0 Å². The van der Waals surface area contributed by atoms with E-state index in [-0.39, 0.29) is 24.5 Å². The van der Waals surface area contributed by atoms with Crippen LogP contribution in [0.1, 0.15) is 35.2 Å². The van der Waals surface area contributed by atoms with Crippen LogP contribution in [0.5, 0.6) is 0 Å². The van der Waals surface area contributed by atoms with Gasteiger partial charge in [0.1, 0.15) is 0 Å². The van der Waals surface area contributed by atoms with Crippen LogP contribution in [-0.2, 0) is 4.79 Å². The molecule has 0 spiro atoms. The van der Waals surface area contributed by atoms with Crippen molar-refractivity contribution in [3.8, 4) is 11.8 Å². The maximum Gasteiger partial charge on any atom is 0.252 e. The van der Waals surface area contributed by atoms with Gasteiger partial charge in [-0.15, -0.1) is 0 Å². The van der Waals surface area contributed by atoms with E-state index in [0.717, 1.165) is 6.42 Å². The molecule has 6 nitrogen and oxygen atoms in total. The number of aliphatic hydroxyl groups is 1. The first-order valence-corrected chi connectivity index (χ1v) is 6.82. The molecule has 1 unspecified atom stereocenters. The highest BCUT2D eigenvalue weighted by atomic mass is 16.2. The zero-order valence-corrected chi connectivity index (χ0v) is 11.6. The number of aromatic nitrogens is 1. The number of hydrogen-bond acceptors (Lipinski definition) is 4. The summed E-state index contributed by atoms with van der Waals surface area (Å²) in [5, 5.41) is 14.3. The van der Waals surface area contributed by atoms with Crippen LogP contribution in [-0.4, -0.2) is 41.1 Å². The predicted molar refractivity (Wildman–Crippen MR) is 76.3 cm³/mol. The molecular weight excluding hydrogens is 270 g/mol. The third-order valence-electron chi connectivity index (χ3n) is 3.12. The lowest BCUT2D eigenvalue weighted by molar-refractivity contribution is -0.119. The van der Waals surface area contributed by atoms with E-state index in [0.29, 0.717) is 30.5 Å². The average molecular weight is 287 g/mol. The van der Waals surface area contributed by atoms with Gasteiger partial charge in [0, 0.05) is 37.8 Å². The molecular formula is C15H17N3O3. The van der Waals surface area contributed by atoms with Gasteiger partial charge in [-0.3, -0.25) is 14.6 Å². The van der Waals surface area contributed by atoms with Gasteiger partial charge in [-0.25, -0.2) is 0 Å². The van der Waals surface area contributed by atoms with Crippen LogP contribution in [0, 0.1) is 11.8 Å². The summed E-state index contributed by atoms with van der Waals surface area (Å²) in [5.74, 6) is 5.38. The van der Waals surface area contributed by atoms with Gasteiger partial charge < -0.3 is 15.7 Å². The normalized spacial score (nSPS) is 16.8. The van der Waals surface area contributed by atoms with Crippen molar-refractivity contribution in [3.05, 3.63) is 29.6 Å². The van der Waals surface area contributed by atoms with Crippen LogP contribution < -0.4 is 10.6 Å². The molecule has 1 saturated heterocycles. The fraction of sp³-hybridized carbons (Fsp3) is 0.400. The Kier molecular flexibility index (Phi) is 5.29. The summed E-state index contributed by atoms with van der Waals surface area (Å²) in [6, 6.07) is 1.60. The Bertz CT molecular complexity index is 589. The summed E-state index contributed by atoms with van der Waals surface area (Å²) in [6.45, 7) is 0.382. The van der Waals surface area contributed by atoms with Gasteiger partial charge in [0.2, 0.25) is 5.91 Å². The summed E-state index contributed by atoms with van der Waals surface area (Å²) in [6.07, 6.45) is 4.65. The van der Waals surface area contributed by atoms with E-state index in [1.54, 1.807) is 6.07 Å². The van der Waals surface area contributed by atoms with Gasteiger partial charge in [-0.05, 0) is 12.5 Å². The molecule has 0 aliphatic carbocycles. The number of hydrogen-bond donors (Lipinski definition) is 3. The van der Waals surface area contributed by atoms with Crippen molar-refractivity contribution in [3.63, 3.8) is 0 Å².